The number of halogens is 3. The molecule has 2 amide bonds. The first kappa shape index (κ1) is 16.1. The lowest BCUT2D eigenvalue weighted by Gasteiger charge is -2.20. The molecular formula is C13H11F3N4OS2. The van der Waals surface area contributed by atoms with Crippen molar-refractivity contribution in [1.82, 2.24) is 14.3 Å². The van der Waals surface area contributed by atoms with Crippen molar-refractivity contribution in [3.63, 3.8) is 0 Å². The smallest absolute Gasteiger partial charge is 0.319 e. The number of amides is 2. The van der Waals surface area contributed by atoms with E-state index in [1.54, 1.807) is 16.7 Å². The Balaban J connectivity index is 1.70. The minimum atomic E-state index is -4.61. The van der Waals surface area contributed by atoms with Gasteiger partial charge in [-0.25, -0.2) is 4.79 Å². The minimum Gasteiger partial charge on any atom is -0.319 e. The number of carbonyl (C=O) groups is 1. The zero-order chi connectivity index (χ0) is 16.4. The molecular weight excluding hydrogens is 349 g/mol. The van der Waals surface area contributed by atoms with Crippen molar-refractivity contribution >= 4 is 34.5 Å². The quantitative estimate of drug-likeness (QED) is 0.843. The number of alkyl halides is 3. The summed E-state index contributed by atoms with van der Waals surface area (Å²) in [7, 11) is 0. The highest BCUT2D eigenvalue weighted by Gasteiger charge is 2.36. The van der Waals surface area contributed by atoms with Gasteiger partial charge in [0.15, 0.2) is 0 Å². The van der Waals surface area contributed by atoms with E-state index in [0.29, 0.717) is 30.4 Å². The van der Waals surface area contributed by atoms with Crippen molar-refractivity contribution < 1.29 is 18.0 Å². The molecule has 0 bridgehead atoms. The normalized spacial score (nSPS) is 15.0. The topological polar surface area (TPSA) is 58.1 Å². The number of nitrogens with one attached hydrogen (secondary N) is 1. The standard InChI is InChI=1S/C13H11F3N4OS2/c14-13(15,16)10-17-11(23-19-10)18-12(21)20-5-6-22-9-4-2-1-3-8(9)7-20/h1-4H,5-7H2,(H,17,18,19,21). The molecule has 122 valence electrons. The zero-order valence-corrected chi connectivity index (χ0v) is 13.3. The lowest BCUT2D eigenvalue weighted by Crippen LogP contribution is -2.35. The van der Waals surface area contributed by atoms with E-state index in [1.165, 1.54) is 0 Å². The molecule has 23 heavy (non-hydrogen) atoms. The number of benzene rings is 1. The van der Waals surface area contributed by atoms with E-state index in [1.807, 2.05) is 24.3 Å². The van der Waals surface area contributed by atoms with Crippen molar-refractivity contribution in [3.05, 3.63) is 35.7 Å². The summed E-state index contributed by atoms with van der Waals surface area (Å²) >= 11 is 2.16. The van der Waals surface area contributed by atoms with Crippen molar-refractivity contribution in [2.45, 2.75) is 17.6 Å². The lowest BCUT2D eigenvalue weighted by molar-refractivity contribution is -0.144. The van der Waals surface area contributed by atoms with Crippen LogP contribution in [-0.2, 0) is 12.7 Å². The Morgan fingerprint density at radius 1 is 1.30 bits per heavy atom. The Morgan fingerprint density at radius 3 is 2.83 bits per heavy atom. The largest absolute Gasteiger partial charge is 0.452 e. The van der Waals surface area contributed by atoms with E-state index in [0.717, 1.165) is 10.5 Å². The van der Waals surface area contributed by atoms with Crippen molar-refractivity contribution in [3.8, 4) is 0 Å². The van der Waals surface area contributed by atoms with Crippen LogP contribution in [0.15, 0.2) is 29.2 Å². The van der Waals surface area contributed by atoms with Crippen LogP contribution in [0, 0.1) is 0 Å². The predicted octanol–water partition coefficient (Wildman–Crippen LogP) is 3.70. The number of fused-ring (bicyclic) bond motifs is 1. The molecule has 1 aliphatic rings. The number of hydrogen-bond donors (Lipinski definition) is 1. The van der Waals surface area contributed by atoms with Gasteiger partial charge >= 0.3 is 12.2 Å². The second-order valence-corrected chi connectivity index (χ2v) is 6.62. The van der Waals surface area contributed by atoms with Crippen molar-refractivity contribution in [2.24, 2.45) is 0 Å². The Kier molecular flexibility index (Phi) is 4.44. The van der Waals surface area contributed by atoms with Crippen LogP contribution in [0.3, 0.4) is 0 Å². The molecule has 0 saturated heterocycles. The molecule has 0 fully saturated rings. The van der Waals surface area contributed by atoms with E-state index in [-0.39, 0.29) is 5.13 Å². The molecule has 0 saturated carbocycles. The van der Waals surface area contributed by atoms with Crippen LogP contribution in [0.5, 0.6) is 0 Å². The fourth-order valence-corrected chi connectivity index (χ4v) is 3.66. The Labute approximate surface area is 138 Å². The van der Waals surface area contributed by atoms with Gasteiger partial charge < -0.3 is 4.90 Å². The van der Waals surface area contributed by atoms with Crippen LogP contribution in [0.2, 0.25) is 0 Å². The Morgan fingerprint density at radius 2 is 2.09 bits per heavy atom. The number of anilines is 1. The zero-order valence-electron chi connectivity index (χ0n) is 11.6. The van der Waals surface area contributed by atoms with Crippen LogP contribution in [0.25, 0.3) is 0 Å². The third kappa shape index (κ3) is 3.75. The van der Waals surface area contributed by atoms with Gasteiger partial charge in [0, 0.05) is 35.3 Å². The Bertz CT molecular complexity index is 719. The lowest BCUT2D eigenvalue weighted by atomic mass is 10.2. The number of thioether (sulfide) groups is 1. The first-order chi connectivity index (χ1) is 10.9. The van der Waals surface area contributed by atoms with E-state index in [2.05, 4.69) is 14.7 Å². The molecule has 0 aliphatic carbocycles. The number of hydrogen-bond acceptors (Lipinski definition) is 5. The monoisotopic (exact) mass is 360 g/mol. The van der Waals surface area contributed by atoms with Gasteiger partial charge in [-0.15, -0.1) is 11.8 Å². The molecule has 1 aromatic heterocycles. The summed E-state index contributed by atoms with van der Waals surface area (Å²) in [6.45, 7) is 0.899. The highest BCUT2D eigenvalue weighted by atomic mass is 32.2. The summed E-state index contributed by atoms with van der Waals surface area (Å²) in [5.41, 5.74) is 1.01. The van der Waals surface area contributed by atoms with E-state index in [9.17, 15) is 18.0 Å². The number of rotatable bonds is 1. The van der Waals surface area contributed by atoms with Gasteiger partial charge in [0.2, 0.25) is 11.0 Å². The maximum atomic E-state index is 12.5. The maximum Gasteiger partial charge on any atom is 0.452 e. The Hall–Kier alpha value is -1.81. The maximum absolute atomic E-state index is 12.5. The van der Waals surface area contributed by atoms with Gasteiger partial charge in [0.05, 0.1) is 0 Å². The molecule has 2 aromatic rings. The summed E-state index contributed by atoms with van der Waals surface area (Å²) < 4.78 is 40.6. The van der Waals surface area contributed by atoms with Gasteiger partial charge in [0.1, 0.15) is 0 Å². The van der Waals surface area contributed by atoms with E-state index in [4.69, 9.17) is 0 Å². The SMILES string of the molecule is O=C(Nc1nc(C(F)(F)F)ns1)N1CCSc2ccccc2C1. The average molecular weight is 360 g/mol. The summed E-state index contributed by atoms with van der Waals surface area (Å²) in [5.74, 6) is -0.525. The number of carbonyl (C=O) groups excluding carboxylic acids is 1. The summed E-state index contributed by atoms with van der Waals surface area (Å²) in [5, 5.41) is 2.23. The molecule has 1 aromatic carbocycles. The molecule has 2 heterocycles. The predicted molar refractivity (Wildman–Crippen MR) is 81.5 cm³/mol. The third-order valence-corrected chi connectivity index (χ3v) is 4.86. The van der Waals surface area contributed by atoms with Gasteiger partial charge in [-0.3, -0.25) is 5.32 Å². The van der Waals surface area contributed by atoms with Crippen LogP contribution >= 0.6 is 23.3 Å². The van der Waals surface area contributed by atoms with Gasteiger partial charge in [-0.2, -0.15) is 22.5 Å². The fourth-order valence-electron chi connectivity index (χ4n) is 2.06. The van der Waals surface area contributed by atoms with Gasteiger partial charge in [-0.05, 0) is 11.6 Å². The second-order valence-electron chi connectivity index (χ2n) is 4.73. The second kappa shape index (κ2) is 6.36. The first-order valence-electron chi connectivity index (χ1n) is 6.61. The molecule has 0 spiro atoms. The third-order valence-electron chi connectivity index (χ3n) is 3.13. The van der Waals surface area contributed by atoms with Gasteiger partial charge in [0.25, 0.3) is 0 Å². The molecule has 10 heteroatoms. The number of urea groups is 1. The summed E-state index contributed by atoms with van der Waals surface area (Å²) in [4.78, 5) is 18.2. The van der Waals surface area contributed by atoms with Crippen molar-refractivity contribution in [2.75, 3.05) is 17.6 Å². The van der Waals surface area contributed by atoms with E-state index < -0.39 is 18.0 Å². The van der Waals surface area contributed by atoms with Crippen LogP contribution in [0.4, 0.5) is 23.1 Å². The molecule has 0 radical (unpaired) electrons. The average Bonchev–Trinajstić information content (AvgIpc) is 2.86. The first-order valence-corrected chi connectivity index (χ1v) is 8.37. The molecule has 0 atom stereocenters. The fraction of sp³-hybridized carbons (Fsp3) is 0.308. The molecule has 0 unspecified atom stereocenters. The van der Waals surface area contributed by atoms with Crippen LogP contribution in [-0.4, -0.2) is 32.6 Å². The van der Waals surface area contributed by atoms with E-state index >= 15 is 0 Å². The minimum absolute atomic E-state index is 0.160. The molecule has 1 aliphatic heterocycles. The summed E-state index contributed by atoms with van der Waals surface area (Å²) in [6.07, 6.45) is -4.61. The summed E-state index contributed by atoms with van der Waals surface area (Å²) in [6, 6.07) is 7.26. The molecule has 5 nitrogen and oxygen atoms in total. The molecule has 3 rings (SSSR count). The number of aromatic nitrogens is 2. The van der Waals surface area contributed by atoms with Crippen LogP contribution in [0.1, 0.15) is 11.4 Å². The molecule has 1 N–H and O–H groups in total. The van der Waals surface area contributed by atoms with Crippen molar-refractivity contribution in [1.29, 1.82) is 0 Å². The van der Waals surface area contributed by atoms with Crippen LogP contribution < -0.4 is 5.32 Å². The highest BCUT2D eigenvalue weighted by molar-refractivity contribution is 7.99. The highest BCUT2D eigenvalue weighted by Crippen LogP contribution is 2.30. The number of nitrogens with zero attached hydrogens (tertiary/aromatic N) is 3. The van der Waals surface area contributed by atoms with Gasteiger partial charge in [-0.1, -0.05) is 18.2 Å².